The van der Waals surface area contributed by atoms with Crippen LogP contribution >= 0.6 is 22.6 Å². The van der Waals surface area contributed by atoms with Crippen molar-refractivity contribution in [3.05, 3.63) is 33.4 Å². The molecule has 1 aromatic rings. The maximum Gasteiger partial charge on any atom is 0.240 e. The average molecular weight is 542 g/mol. The molecule has 2 bridgehead atoms. The van der Waals surface area contributed by atoms with Crippen molar-refractivity contribution in [1.82, 2.24) is 10.4 Å². The zero-order valence-electron chi connectivity index (χ0n) is 18.8. The van der Waals surface area contributed by atoms with Gasteiger partial charge in [0.2, 0.25) is 5.91 Å². The van der Waals surface area contributed by atoms with Crippen LogP contribution in [-0.4, -0.2) is 52.1 Å². The van der Waals surface area contributed by atoms with E-state index in [0.29, 0.717) is 29.7 Å². The Balaban J connectivity index is 1.53. The number of hydrogen-bond acceptors (Lipinski definition) is 5. The summed E-state index contributed by atoms with van der Waals surface area (Å²) >= 11 is 2.27. The summed E-state index contributed by atoms with van der Waals surface area (Å²) in [4.78, 5) is 19.6. The topological polar surface area (TPSA) is 82.0 Å². The Bertz CT molecular complexity index is 817. The molecule has 0 aromatic heterocycles. The Hall–Kier alpha value is -0.740. The monoisotopic (exact) mass is 542 g/mol. The van der Waals surface area contributed by atoms with Crippen molar-refractivity contribution in [2.45, 2.75) is 71.4 Å². The number of halogens is 1. The van der Waals surface area contributed by atoms with E-state index in [2.05, 4.69) is 54.7 Å². The summed E-state index contributed by atoms with van der Waals surface area (Å²) in [6, 6.07) is 7.56. The molecule has 3 N–H and O–H groups in total. The second-order valence-corrected chi connectivity index (χ2v) is 11.6. The molecule has 4 aliphatic rings. The molecule has 3 aliphatic carbocycles. The second-order valence-electron chi connectivity index (χ2n) is 10.4. The number of rotatable bonds is 6. The molecule has 0 radical (unpaired) electrons. The minimum atomic E-state index is -0.773. The molecule has 1 saturated heterocycles. The van der Waals surface area contributed by atoms with Crippen molar-refractivity contribution in [2.24, 2.45) is 29.1 Å². The highest BCUT2D eigenvalue weighted by Gasteiger charge is 2.57. The van der Waals surface area contributed by atoms with Gasteiger partial charge >= 0.3 is 0 Å². The van der Waals surface area contributed by atoms with Crippen molar-refractivity contribution in [1.29, 1.82) is 0 Å². The summed E-state index contributed by atoms with van der Waals surface area (Å²) in [5, 5.41) is 25.3. The Kier molecular flexibility index (Phi) is 6.72. The molecule has 31 heavy (non-hydrogen) atoms. The fourth-order valence-electron chi connectivity index (χ4n) is 6.30. The van der Waals surface area contributed by atoms with E-state index < -0.39 is 24.2 Å². The number of benzene rings is 1. The predicted octanol–water partition coefficient (Wildman–Crippen LogP) is 2.95. The van der Waals surface area contributed by atoms with E-state index in [0.717, 1.165) is 15.6 Å². The second kappa shape index (κ2) is 8.89. The van der Waals surface area contributed by atoms with Gasteiger partial charge in [0, 0.05) is 15.5 Å². The molecular weight excluding hydrogens is 507 g/mol. The van der Waals surface area contributed by atoms with E-state index >= 15 is 0 Å². The number of nitrogens with one attached hydrogen (secondary N) is 1. The maximum absolute atomic E-state index is 13.6. The zero-order chi connectivity index (χ0) is 22.5. The van der Waals surface area contributed by atoms with E-state index in [1.807, 2.05) is 18.2 Å². The fraction of sp³-hybridized carbons (Fsp3) is 0.708. The number of aliphatic hydroxyl groups excluding tert-OH is 2. The summed E-state index contributed by atoms with van der Waals surface area (Å²) in [7, 11) is 0. The van der Waals surface area contributed by atoms with Crippen LogP contribution in [0.1, 0.15) is 46.1 Å². The van der Waals surface area contributed by atoms with Crippen LogP contribution < -0.4 is 5.32 Å². The molecule has 4 fully saturated rings. The highest BCUT2D eigenvalue weighted by molar-refractivity contribution is 14.1. The van der Waals surface area contributed by atoms with Crippen molar-refractivity contribution >= 4 is 28.5 Å². The summed E-state index contributed by atoms with van der Waals surface area (Å²) < 4.78 is 1.11. The highest BCUT2D eigenvalue weighted by Crippen LogP contribution is 2.61. The van der Waals surface area contributed by atoms with Crippen LogP contribution in [0.15, 0.2) is 24.3 Å². The van der Waals surface area contributed by atoms with E-state index in [4.69, 9.17) is 4.84 Å². The van der Waals surface area contributed by atoms with E-state index in [1.54, 1.807) is 12.0 Å². The number of carbonyl (C=O) groups excluding carboxylic acids is 1. The average Bonchev–Trinajstić information content (AvgIpc) is 3.07. The molecular formula is C24H35IN2O4. The van der Waals surface area contributed by atoms with Crippen LogP contribution in [0.3, 0.4) is 0 Å². The van der Waals surface area contributed by atoms with E-state index in [9.17, 15) is 15.0 Å². The lowest BCUT2D eigenvalue weighted by atomic mass is 9.45. The van der Waals surface area contributed by atoms with Gasteiger partial charge in [-0.3, -0.25) is 9.63 Å². The number of hydroxylamine groups is 2. The first-order valence-corrected chi connectivity index (χ1v) is 12.5. The molecule has 3 saturated carbocycles. The van der Waals surface area contributed by atoms with Crippen LogP contribution in [0, 0.1) is 32.7 Å². The van der Waals surface area contributed by atoms with Gasteiger partial charge in [0.1, 0.15) is 12.1 Å². The summed E-state index contributed by atoms with van der Waals surface area (Å²) in [5.74, 6) is 1.12. The van der Waals surface area contributed by atoms with Gasteiger partial charge in [-0.1, -0.05) is 32.9 Å². The minimum absolute atomic E-state index is 0.108. The maximum atomic E-state index is 13.6. The Morgan fingerprint density at radius 3 is 2.71 bits per heavy atom. The Morgan fingerprint density at radius 1 is 1.39 bits per heavy atom. The minimum Gasteiger partial charge on any atom is -0.394 e. The summed E-state index contributed by atoms with van der Waals surface area (Å²) in [6.07, 6.45) is 0.887. The van der Waals surface area contributed by atoms with Gasteiger partial charge in [0.15, 0.2) is 0 Å². The molecule has 1 aromatic carbocycles. The van der Waals surface area contributed by atoms with Crippen LogP contribution in [0.25, 0.3) is 0 Å². The zero-order valence-corrected chi connectivity index (χ0v) is 21.0. The fourth-order valence-corrected chi connectivity index (χ4v) is 6.91. The lowest BCUT2D eigenvalue weighted by Gasteiger charge is -2.62. The SMILES string of the molecule is CC(O)C1C(CO)ON(Cc2cccc(I)c2)[C@@H]1C(=O)NC1C[C@@H]2C[C@H](C1C)C2(C)C. The molecule has 1 amide bonds. The third-order valence-electron chi connectivity index (χ3n) is 8.29. The molecule has 1 aliphatic heterocycles. The summed E-state index contributed by atoms with van der Waals surface area (Å²) in [6.45, 7) is 8.82. The third-order valence-corrected chi connectivity index (χ3v) is 8.96. The predicted molar refractivity (Wildman–Crippen MR) is 127 cm³/mol. The van der Waals surface area contributed by atoms with Gasteiger partial charge in [0.25, 0.3) is 0 Å². The third kappa shape index (κ3) is 4.28. The molecule has 5 rings (SSSR count). The van der Waals surface area contributed by atoms with Gasteiger partial charge in [0.05, 0.1) is 19.3 Å². The number of nitrogens with zero attached hydrogens (tertiary/aromatic N) is 1. The standard InChI is InChI=1S/C24H35IN2O4/c1-13-18-9-16(24(18,3)4)10-19(13)26-23(30)22-21(14(2)29)20(12-28)31-27(22)11-15-6-5-7-17(25)8-15/h5-8,13-14,16,18-22,28-29H,9-12H2,1-4H3,(H,26,30)/t13?,14?,16-,18+,19?,20?,21?,22-/m0/s1. The molecule has 0 spiro atoms. The highest BCUT2D eigenvalue weighted by atomic mass is 127. The van der Waals surface area contributed by atoms with Crippen molar-refractivity contribution in [2.75, 3.05) is 6.61 Å². The number of fused-ring (bicyclic) bond motifs is 2. The number of carbonyl (C=O) groups is 1. The first-order valence-electron chi connectivity index (χ1n) is 11.4. The number of aliphatic hydroxyl groups is 2. The lowest BCUT2D eigenvalue weighted by molar-refractivity contribution is -0.183. The van der Waals surface area contributed by atoms with Gasteiger partial charge in [-0.15, -0.1) is 0 Å². The van der Waals surface area contributed by atoms with Crippen LogP contribution in [0.4, 0.5) is 0 Å². The molecule has 1 heterocycles. The van der Waals surface area contributed by atoms with Gasteiger partial charge < -0.3 is 15.5 Å². The van der Waals surface area contributed by atoms with Gasteiger partial charge in [-0.05, 0) is 83.2 Å². The molecule has 7 heteroatoms. The largest absolute Gasteiger partial charge is 0.394 e. The normalized spacial score (nSPS) is 37.8. The molecule has 172 valence electrons. The van der Waals surface area contributed by atoms with Crippen LogP contribution in [0.2, 0.25) is 0 Å². The lowest BCUT2D eigenvalue weighted by Crippen LogP contribution is -2.62. The molecule has 5 unspecified atom stereocenters. The Morgan fingerprint density at radius 2 is 2.13 bits per heavy atom. The van der Waals surface area contributed by atoms with Crippen molar-refractivity contribution in [3.63, 3.8) is 0 Å². The van der Waals surface area contributed by atoms with Gasteiger partial charge in [-0.2, -0.15) is 5.06 Å². The first kappa shape index (κ1) is 23.4. The quantitative estimate of drug-likeness (QED) is 0.482. The summed E-state index contributed by atoms with van der Waals surface area (Å²) in [5.41, 5.74) is 1.39. The molecule has 8 atom stereocenters. The Labute approximate surface area is 198 Å². The van der Waals surface area contributed by atoms with Crippen molar-refractivity contribution in [3.8, 4) is 0 Å². The smallest absolute Gasteiger partial charge is 0.240 e. The van der Waals surface area contributed by atoms with E-state index in [1.165, 1.54) is 6.42 Å². The number of hydrogen-bond donors (Lipinski definition) is 3. The molecule has 6 nitrogen and oxygen atoms in total. The van der Waals surface area contributed by atoms with Crippen molar-refractivity contribution < 1.29 is 19.8 Å². The van der Waals surface area contributed by atoms with E-state index in [-0.39, 0.29) is 18.6 Å². The van der Waals surface area contributed by atoms with Crippen LogP contribution in [-0.2, 0) is 16.2 Å². The van der Waals surface area contributed by atoms with Crippen LogP contribution in [0.5, 0.6) is 0 Å². The first-order chi connectivity index (χ1) is 14.6. The number of amides is 1. The van der Waals surface area contributed by atoms with Gasteiger partial charge in [-0.25, -0.2) is 0 Å².